The third kappa shape index (κ3) is 6.74. The van der Waals surface area contributed by atoms with E-state index in [-0.39, 0.29) is 19.4 Å². The van der Waals surface area contributed by atoms with Gasteiger partial charge < -0.3 is 14.0 Å². The van der Waals surface area contributed by atoms with Gasteiger partial charge >= 0.3 is 12.1 Å². The standard InChI is InChI=1S/C29H38N2O7Si/c1-28(2,3)37-27(35)30(7)23(26(34)38-31-24(32)18-19-25(31)33)20-36-39(29(4,5)6,21-14-10-8-11-15-21)22-16-12-9-13-17-22/h8-17,23H,18-20H2,1-7H3/t23-/m0/s1. The Morgan fingerprint density at radius 1 is 0.872 bits per heavy atom. The van der Waals surface area contributed by atoms with Gasteiger partial charge in [-0.3, -0.25) is 14.5 Å². The van der Waals surface area contributed by atoms with E-state index in [1.165, 1.54) is 7.05 Å². The Balaban J connectivity index is 2.04. The summed E-state index contributed by atoms with van der Waals surface area (Å²) in [5, 5.41) is 2.05. The first kappa shape index (κ1) is 30.0. The molecule has 1 aliphatic heterocycles. The molecule has 0 bridgehead atoms. The van der Waals surface area contributed by atoms with E-state index >= 15 is 0 Å². The van der Waals surface area contributed by atoms with Crippen LogP contribution in [0.3, 0.4) is 0 Å². The first-order chi connectivity index (χ1) is 18.2. The van der Waals surface area contributed by atoms with E-state index < -0.39 is 48.9 Å². The van der Waals surface area contributed by atoms with Gasteiger partial charge in [0, 0.05) is 19.9 Å². The Morgan fingerprint density at radius 3 is 1.74 bits per heavy atom. The molecule has 0 aliphatic carbocycles. The second-order valence-electron chi connectivity index (χ2n) is 11.6. The maximum absolute atomic E-state index is 13.5. The quantitative estimate of drug-likeness (QED) is 0.364. The largest absolute Gasteiger partial charge is 0.444 e. The summed E-state index contributed by atoms with van der Waals surface area (Å²) in [5.74, 6) is -2.19. The highest BCUT2D eigenvalue weighted by Gasteiger charge is 2.51. The number of carbonyl (C=O) groups is 4. The summed E-state index contributed by atoms with van der Waals surface area (Å²) in [7, 11) is -1.69. The van der Waals surface area contributed by atoms with Crippen LogP contribution in [0.5, 0.6) is 0 Å². The Labute approximate surface area is 231 Å². The van der Waals surface area contributed by atoms with Crippen molar-refractivity contribution in [3.05, 3.63) is 60.7 Å². The highest BCUT2D eigenvalue weighted by molar-refractivity contribution is 6.99. The summed E-state index contributed by atoms with van der Waals surface area (Å²) in [6, 6.07) is 18.4. The number of nitrogens with zero attached hydrogens (tertiary/aromatic N) is 2. The highest BCUT2D eigenvalue weighted by Crippen LogP contribution is 2.37. The number of carbonyl (C=O) groups excluding carboxylic acids is 4. The normalized spacial score (nSPS) is 15.2. The fourth-order valence-electron chi connectivity index (χ4n) is 4.57. The molecule has 1 heterocycles. The Hall–Kier alpha value is -3.50. The Kier molecular flexibility index (Phi) is 9.02. The molecule has 1 atom stereocenters. The number of imide groups is 1. The van der Waals surface area contributed by atoms with Crippen LogP contribution in [-0.2, 0) is 28.4 Å². The van der Waals surface area contributed by atoms with Crippen LogP contribution in [0.1, 0.15) is 54.4 Å². The predicted molar refractivity (Wildman–Crippen MR) is 149 cm³/mol. The van der Waals surface area contributed by atoms with Crippen LogP contribution in [0, 0.1) is 0 Å². The van der Waals surface area contributed by atoms with Crippen molar-refractivity contribution in [1.29, 1.82) is 0 Å². The second-order valence-corrected chi connectivity index (χ2v) is 15.9. The molecular formula is C29H38N2O7Si. The van der Waals surface area contributed by atoms with E-state index in [0.29, 0.717) is 5.06 Å². The van der Waals surface area contributed by atoms with E-state index in [4.69, 9.17) is 14.0 Å². The molecule has 2 aromatic carbocycles. The van der Waals surface area contributed by atoms with Crippen molar-refractivity contribution in [3.8, 4) is 0 Å². The lowest BCUT2D eigenvalue weighted by molar-refractivity contribution is -0.201. The van der Waals surface area contributed by atoms with Crippen LogP contribution >= 0.6 is 0 Å². The van der Waals surface area contributed by atoms with Crippen molar-refractivity contribution in [1.82, 2.24) is 9.96 Å². The lowest BCUT2D eigenvalue weighted by Crippen LogP contribution is -2.67. The summed E-state index contributed by atoms with van der Waals surface area (Å²) in [5.41, 5.74) is -0.820. The van der Waals surface area contributed by atoms with Crippen LogP contribution < -0.4 is 10.4 Å². The third-order valence-electron chi connectivity index (χ3n) is 6.48. The maximum Gasteiger partial charge on any atom is 0.410 e. The van der Waals surface area contributed by atoms with Crippen molar-refractivity contribution >= 4 is 42.6 Å². The number of rotatable bonds is 8. The molecule has 1 aliphatic rings. The minimum absolute atomic E-state index is 0.0444. The van der Waals surface area contributed by atoms with Crippen LogP contribution in [0.2, 0.25) is 5.04 Å². The molecule has 210 valence electrons. The van der Waals surface area contributed by atoms with Gasteiger partial charge in [-0.25, -0.2) is 9.59 Å². The monoisotopic (exact) mass is 554 g/mol. The van der Waals surface area contributed by atoms with Crippen LogP contribution in [0.25, 0.3) is 0 Å². The molecule has 1 saturated heterocycles. The smallest absolute Gasteiger partial charge is 0.410 e. The Bertz CT molecular complexity index is 1130. The predicted octanol–water partition coefficient (Wildman–Crippen LogP) is 3.41. The van der Waals surface area contributed by atoms with Crippen molar-refractivity contribution in [2.24, 2.45) is 0 Å². The molecule has 0 unspecified atom stereocenters. The zero-order valence-corrected chi connectivity index (χ0v) is 24.7. The number of amides is 3. The number of benzene rings is 2. The van der Waals surface area contributed by atoms with Gasteiger partial charge in [-0.1, -0.05) is 81.4 Å². The van der Waals surface area contributed by atoms with Crippen LogP contribution in [0.15, 0.2) is 60.7 Å². The molecular weight excluding hydrogens is 516 g/mol. The minimum Gasteiger partial charge on any atom is -0.444 e. The summed E-state index contributed by atoms with van der Waals surface area (Å²) in [6.45, 7) is 11.2. The SMILES string of the molecule is CN(C(=O)OC(C)(C)C)[C@@H](CO[Si](c1ccccc1)(c1ccccc1)C(C)(C)C)C(=O)ON1C(=O)CCC1=O. The molecule has 0 radical (unpaired) electrons. The van der Waals surface area contributed by atoms with Crippen LogP contribution in [0.4, 0.5) is 4.79 Å². The lowest BCUT2D eigenvalue weighted by atomic mass is 10.2. The van der Waals surface area contributed by atoms with Gasteiger partial charge in [0.15, 0.2) is 6.04 Å². The van der Waals surface area contributed by atoms with Gasteiger partial charge in [-0.15, -0.1) is 5.06 Å². The third-order valence-corrected chi connectivity index (χ3v) is 11.5. The van der Waals surface area contributed by atoms with E-state index in [0.717, 1.165) is 15.3 Å². The van der Waals surface area contributed by atoms with Gasteiger partial charge in [-0.2, -0.15) is 0 Å². The molecule has 39 heavy (non-hydrogen) atoms. The van der Waals surface area contributed by atoms with Crippen molar-refractivity contribution in [2.75, 3.05) is 13.7 Å². The summed E-state index contributed by atoms with van der Waals surface area (Å²) >= 11 is 0. The second kappa shape index (κ2) is 11.7. The average molecular weight is 555 g/mol. The number of ether oxygens (including phenoxy) is 1. The van der Waals surface area contributed by atoms with Gasteiger partial charge in [0.1, 0.15) is 5.60 Å². The van der Waals surface area contributed by atoms with Crippen molar-refractivity contribution in [3.63, 3.8) is 0 Å². The maximum atomic E-state index is 13.5. The van der Waals surface area contributed by atoms with Gasteiger partial charge in [0.25, 0.3) is 20.1 Å². The number of hydrogen-bond donors (Lipinski definition) is 0. The van der Waals surface area contributed by atoms with Crippen molar-refractivity contribution in [2.45, 2.75) is 71.1 Å². The highest BCUT2D eigenvalue weighted by atomic mass is 28.4. The molecule has 0 spiro atoms. The van der Waals surface area contributed by atoms with E-state index in [1.54, 1.807) is 20.8 Å². The molecule has 0 N–H and O–H groups in total. The zero-order valence-electron chi connectivity index (χ0n) is 23.7. The van der Waals surface area contributed by atoms with E-state index in [1.807, 2.05) is 60.7 Å². The fraction of sp³-hybridized carbons (Fsp3) is 0.448. The molecule has 3 rings (SSSR count). The summed E-state index contributed by atoms with van der Waals surface area (Å²) in [4.78, 5) is 57.1. The Morgan fingerprint density at radius 2 is 1.33 bits per heavy atom. The van der Waals surface area contributed by atoms with Crippen molar-refractivity contribution < 1.29 is 33.2 Å². The summed E-state index contributed by atoms with van der Waals surface area (Å²) < 4.78 is 12.4. The number of likely N-dealkylation sites (N-methyl/N-ethyl adjacent to an activating group) is 1. The van der Waals surface area contributed by atoms with E-state index in [2.05, 4.69) is 20.8 Å². The molecule has 0 aromatic heterocycles. The average Bonchev–Trinajstić information content (AvgIpc) is 3.17. The minimum atomic E-state index is -3.09. The molecule has 3 amide bonds. The number of hydrogen-bond acceptors (Lipinski definition) is 7. The molecule has 2 aromatic rings. The first-order valence-corrected chi connectivity index (χ1v) is 14.9. The fourth-order valence-corrected chi connectivity index (χ4v) is 9.14. The number of hydroxylamine groups is 2. The molecule has 0 saturated carbocycles. The van der Waals surface area contributed by atoms with Gasteiger partial charge in [-0.05, 0) is 36.2 Å². The molecule has 10 heteroatoms. The first-order valence-electron chi connectivity index (χ1n) is 13.0. The van der Waals surface area contributed by atoms with Gasteiger partial charge in [0.05, 0.1) is 6.61 Å². The van der Waals surface area contributed by atoms with Gasteiger partial charge in [0.2, 0.25) is 0 Å². The topological polar surface area (TPSA) is 102 Å². The zero-order chi connectivity index (χ0) is 29.0. The molecule has 1 fully saturated rings. The summed E-state index contributed by atoms with van der Waals surface area (Å²) in [6.07, 6.45) is -0.858. The van der Waals surface area contributed by atoms with E-state index in [9.17, 15) is 19.2 Å². The lowest BCUT2D eigenvalue weighted by Gasteiger charge is -2.44. The molecule has 9 nitrogen and oxygen atoms in total. The van der Waals surface area contributed by atoms with Crippen LogP contribution in [-0.4, -0.2) is 67.5 Å².